The molecule has 2 N–H and O–H groups in total. The zero-order valence-electron chi connectivity index (χ0n) is 5.00. The van der Waals surface area contributed by atoms with Crippen LogP contribution in [0.1, 0.15) is 5.69 Å². The van der Waals surface area contributed by atoms with E-state index in [0.29, 0.717) is 10.3 Å². The Bertz CT molecular complexity index is 290. The molecule has 1 rings (SSSR count). The number of rotatable bonds is 0. The number of nitrogen functional groups attached to an aromatic ring is 1. The summed E-state index contributed by atoms with van der Waals surface area (Å²) < 4.78 is 0.587. The molecule has 3 nitrogen and oxygen atoms in total. The average molecular weight is 198 g/mol. The second-order valence-electron chi connectivity index (χ2n) is 1.57. The van der Waals surface area contributed by atoms with Crippen LogP contribution in [0, 0.1) is 12.3 Å². The van der Waals surface area contributed by atoms with Gasteiger partial charge < -0.3 is 5.73 Å². The van der Waals surface area contributed by atoms with Crippen LogP contribution in [0.25, 0.3) is 0 Å². The summed E-state index contributed by atoms with van der Waals surface area (Å²) in [6.45, 7) is 0. The summed E-state index contributed by atoms with van der Waals surface area (Å²) in [5.74, 6) is 2.58. The maximum atomic E-state index is 5.39. The molecule has 0 aliphatic heterocycles. The van der Waals surface area contributed by atoms with Gasteiger partial charge >= 0.3 is 0 Å². The maximum absolute atomic E-state index is 5.39. The van der Waals surface area contributed by atoms with E-state index in [0.717, 1.165) is 0 Å². The quantitative estimate of drug-likeness (QED) is 0.627. The summed E-state index contributed by atoms with van der Waals surface area (Å²) >= 11 is 3.10. The molecule has 10 heavy (non-hydrogen) atoms. The molecule has 0 atom stereocenters. The average Bonchev–Trinajstić information content (AvgIpc) is 1.88. The molecule has 1 aromatic rings. The number of aromatic nitrogens is 2. The van der Waals surface area contributed by atoms with Crippen molar-refractivity contribution in [3.05, 3.63) is 16.5 Å². The summed E-state index contributed by atoms with van der Waals surface area (Å²) in [4.78, 5) is 7.66. The number of anilines is 1. The van der Waals surface area contributed by atoms with Crippen LogP contribution in [-0.2, 0) is 0 Å². The molecule has 4 heteroatoms. The third-order valence-corrected chi connectivity index (χ3v) is 1.29. The van der Waals surface area contributed by atoms with E-state index in [4.69, 9.17) is 12.2 Å². The highest BCUT2D eigenvalue weighted by molar-refractivity contribution is 9.10. The lowest BCUT2D eigenvalue weighted by Gasteiger charge is -1.94. The smallest absolute Gasteiger partial charge is 0.159 e. The van der Waals surface area contributed by atoms with Crippen LogP contribution in [0.2, 0.25) is 0 Å². The van der Waals surface area contributed by atoms with Crippen LogP contribution in [-0.4, -0.2) is 9.97 Å². The lowest BCUT2D eigenvalue weighted by Crippen LogP contribution is -1.96. The van der Waals surface area contributed by atoms with Crippen molar-refractivity contribution in [2.24, 2.45) is 0 Å². The predicted molar refractivity (Wildman–Crippen MR) is 42.1 cm³/mol. The normalized spacial score (nSPS) is 8.80. The van der Waals surface area contributed by atoms with Gasteiger partial charge in [-0.1, -0.05) is 0 Å². The Balaban J connectivity index is 3.23. The summed E-state index contributed by atoms with van der Waals surface area (Å²) in [5.41, 5.74) is 5.76. The van der Waals surface area contributed by atoms with Gasteiger partial charge in [0.2, 0.25) is 0 Å². The van der Waals surface area contributed by atoms with Crippen molar-refractivity contribution in [1.82, 2.24) is 9.97 Å². The molecular weight excluding hydrogens is 194 g/mol. The summed E-state index contributed by atoms with van der Waals surface area (Å²) in [7, 11) is 0. The largest absolute Gasteiger partial charge is 0.381 e. The molecule has 0 unspecified atom stereocenters. The third-order valence-electron chi connectivity index (χ3n) is 0.907. The van der Waals surface area contributed by atoms with Gasteiger partial charge in [0.05, 0.1) is 6.20 Å². The van der Waals surface area contributed by atoms with E-state index in [1.54, 1.807) is 0 Å². The van der Waals surface area contributed by atoms with Gasteiger partial charge in [-0.25, -0.2) is 9.97 Å². The fourth-order valence-electron chi connectivity index (χ4n) is 0.492. The fourth-order valence-corrected chi connectivity index (χ4v) is 0.785. The fraction of sp³-hybridized carbons (Fsp3) is 0. The van der Waals surface area contributed by atoms with E-state index in [2.05, 4.69) is 31.8 Å². The standard InChI is InChI=1S/C6H4BrN3/c1-2-4-6(8)10-5(7)3-9-4/h1,3H,(H2,8,10). The topological polar surface area (TPSA) is 51.8 Å². The van der Waals surface area contributed by atoms with E-state index in [-0.39, 0.29) is 5.82 Å². The first kappa shape index (κ1) is 7.03. The zero-order chi connectivity index (χ0) is 7.56. The highest BCUT2D eigenvalue weighted by atomic mass is 79.9. The molecule has 0 spiro atoms. The third kappa shape index (κ3) is 1.25. The Morgan fingerprint density at radius 1 is 1.70 bits per heavy atom. The van der Waals surface area contributed by atoms with Crippen molar-refractivity contribution in [1.29, 1.82) is 0 Å². The molecule has 0 aliphatic rings. The molecule has 0 radical (unpaired) electrons. The van der Waals surface area contributed by atoms with Gasteiger partial charge in [-0.15, -0.1) is 6.42 Å². The van der Waals surface area contributed by atoms with Crippen molar-refractivity contribution in [3.8, 4) is 12.3 Å². The van der Waals surface area contributed by atoms with Gasteiger partial charge in [0, 0.05) is 0 Å². The van der Waals surface area contributed by atoms with E-state index in [1.165, 1.54) is 6.20 Å². The van der Waals surface area contributed by atoms with Gasteiger partial charge in [-0.3, -0.25) is 0 Å². The first-order valence-electron chi connectivity index (χ1n) is 2.48. The first-order chi connectivity index (χ1) is 4.74. The highest BCUT2D eigenvalue weighted by Crippen LogP contribution is 2.08. The maximum Gasteiger partial charge on any atom is 0.159 e. The number of halogens is 1. The van der Waals surface area contributed by atoms with Gasteiger partial charge in [0.1, 0.15) is 4.60 Å². The summed E-state index contributed by atoms with van der Waals surface area (Å²) in [6.07, 6.45) is 6.56. The molecule has 1 heterocycles. The van der Waals surface area contributed by atoms with Crippen molar-refractivity contribution in [2.45, 2.75) is 0 Å². The van der Waals surface area contributed by atoms with Crippen molar-refractivity contribution in [3.63, 3.8) is 0 Å². The highest BCUT2D eigenvalue weighted by Gasteiger charge is 1.97. The molecule has 0 amide bonds. The van der Waals surface area contributed by atoms with Crippen LogP contribution in [0.3, 0.4) is 0 Å². The number of hydrogen-bond acceptors (Lipinski definition) is 3. The predicted octanol–water partition coefficient (Wildman–Crippen LogP) is 0.803. The van der Waals surface area contributed by atoms with Crippen LogP contribution in [0.15, 0.2) is 10.8 Å². The SMILES string of the molecule is C#Cc1ncc(Br)nc1N. The van der Waals surface area contributed by atoms with E-state index < -0.39 is 0 Å². The molecule has 0 saturated heterocycles. The lowest BCUT2D eigenvalue weighted by molar-refractivity contribution is 1.15. The molecular formula is C6H4BrN3. The van der Waals surface area contributed by atoms with Crippen LogP contribution in [0.5, 0.6) is 0 Å². The summed E-state index contributed by atoms with van der Waals surface area (Å²) in [6, 6.07) is 0. The minimum atomic E-state index is 0.275. The molecule has 0 aromatic carbocycles. The number of nitrogens with two attached hydrogens (primary N) is 1. The van der Waals surface area contributed by atoms with Crippen LogP contribution < -0.4 is 5.73 Å². The minimum absolute atomic E-state index is 0.275. The minimum Gasteiger partial charge on any atom is -0.381 e. The Hall–Kier alpha value is -1.08. The van der Waals surface area contributed by atoms with E-state index in [1.807, 2.05) is 0 Å². The number of terminal acetylenes is 1. The van der Waals surface area contributed by atoms with Gasteiger partial charge in [0.25, 0.3) is 0 Å². The lowest BCUT2D eigenvalue weighted by atomic mass is 10.4. The molecule has 0 fully saturated rings. The Labute approximate surface area is 66.8 Å². The van der Waals surface area contributed by atoms with E-state index in [9.17, 15) is 0 Å². The monoisotopic (exact) mass is 197 g/mol. The summed E-state index contributed by atoms with van der Waals surface area (Å²) in [5, 5.41) is 0. The van der Waals surface area contributed by atoms with Gasteiger partial charge in [-0.2, -0.15) is 0 Å². The second-order valence-corrected chi connectivity index (χ2v) is 2.38. The Morgan fingerprint density at radius 3 is 2.90 bits per heavy atom. The molecule has 50 valence electrons. The Morgan fingerprint density at radius 2 is 2.40 bits per heavy atom. The van der Waals surface area contributed by atoms with Crippen molar-refractivity contribution < 1.29 is 0 Å². The molecule has 0 aliphatic carbocycles. The zero-order valence-corrected chi connectivity index (χ0v) is 6.59. The van der Waals surface area contributed by atoms with Gasteiger partial charge in [0.15, 0.2) is 11.5 Å². The first-order valence-corrected chi connectivity index (χ1v) is 3.28. The molecule has 0 saturated carbocycles. The molecule has 0 bridgehead atoms. The number of hydrogen-bond donors (Lipinski definition) is 1. The Kier molecular flexibility index (Phi) is 1.88. The molecule has 1 aromatic heterocycles. The number of nitrogens with zero attached hydrogens (tertiary/aromatic N) is 2. The van der Waals surface area contributed by atoms with Gasteiger partial charge in [-0.05, 0) is 21.9 Å². The second kappa shape index (κ2) is 2.67. The van der Waals surface area contributed by atoms with Crippen molar-refractivity contribution in [2.75, 3.05) is 5.73 Å². The van der Waals surface area contributed by atoms with Crippen LogP contribution in [0.4, 0.5) is 5.82 Å². The van der Waals surface area contributed by atoms with Crippen molar-refractivity contribution >= 4 is 21.7 Å². The van der Waals surface area contributed by atoms with E-state index >= 15 is 0 Å². The van der Waals surface area contributed by atoms with Crippen LogP contribution >= 0.6 is 15.9 Å².